The van der Waals surface area contributed by atoms with Crippen LogP contribution in [0.15, 0.2) is 0 Å². The molecule has 0 saturated carbocycles. The van der Waals surface area contributed by atoms with E-state index in [1.807, 2.05) is 0 Å². The van der Waals surface area contributed by atoms with Gasteiger partial charge < -0.3 is 14.4 Å². The molecule has 1 saturated heterocycles. The van der Waals surface area contributed by atoms with Crippen LogP contribution in [0.1, 0.15) is 0 Å². The first-order valence-electron chi connectivity index (χ1n) is 5.83. The minimum Gasteiger partial charge on any atom is -0.383 e. The number of hydrogen-bond acceptors (Lipinski definition) is 4. The van der Waals surface area contributed by atoms with E-state index in [0.29, 0.717) is 12.0 Å². The third-order valence-corrected chi connectivity index (χ3v) is 2.99. The summed E-state index contributed by atoms with van der Waals surface area (Å²) >= 11 is 5.79. The van der Waals surface area contributed by atoms with Crippen LogP contribution in [0.5, 0.6) is 0 Å². The Balaban J connectivity index is 2.28. The zero-order chi connectivity index (χ0) is 11.8. The Kier molecular flexibility index (Phi) is 7.32. The molecule has 0 aromatic rings. The predicted octanol–water partition coefficient (Wildman–Crippen LogP) is 0.504. The van der Waals surface area contributed by atoms with Crippen LogP contribution in [-0.4, -0.2) is 81.9 Å². The molecule has 4 nitrogen and oxygen atoms in total. The van der Waals surface area contributed by atoms with Crippen LogP contribution >= 0.6 is 11.6 Å². The van der Waals surface area contributed by atoms with Gasteiger partial charge in [-0.15, -0.1) is 11.6 Å². The summed E-state index contributed by atoms with van der Waals surface area (Å²) in [7, 11) is 3.86. The second kappa shape index (κ2) is 8.25. The Labute approximate surface area is 103 Å². The fourth-order valence-corrected chi connectivity index (χ4v) is 2.14. The van der Waals surface area contributed by atoms with Crippen molar-refractivity contribution in [3.63, 3.8) is 0 Å². The maximum Gasteiger partial charge on any atom is 0.0829 e. The van der Waals surface area contributed by atoms with E-state index in [4.69, 9.17) is 21.1 Å². The predicted molar refractivity (Wildman–Crippen MR) is 66.3 cm³/mol. The normalized spacial score (nSPS) is 22.9. The molecule has 1 aliphatic rings. The lowest BCUT2D eigenvalue weighted by molar-refractivity contribution is -0.0369. The van der Waals surface area contributed by atoms with Crippen molar-refractivity contribution in [2.75, 3.05) is 66.0 Å². The van der Waals surface area contributed by atoms with Gasteiger partial charge in [0.1, 0.15) is 0 Å². The second-order valence-corrected chi connectivity index (χ2v) is 4.62. The Morgan fingerprint density at radius 3 is 2.94 bits per heavy atom. The fourth-order valence-electron chi connectivity index (χ4n) is 1.90. The molecule has 0 N–H and O–H groups in total. The van der Waals surface area contributed by atoms with Crippen molar-refractivity contribution in [2.24, 2.45) is 0 Å². The van der Waals surface area contributed by atoms with Gasteiger partial charge in [0.15, 0.2) is 0 Å². The van der Waals surface area contributed by atoms with Crippen LogP contribution in [0.25, 0.3) is 0 Å². The second-order valence-electron chi connectivity index (χ2n) is 4.24. The number of likely N-dealkylation sites (N-methyl/N-ethyl adjacent to an activating group) is 1. The van der Waals surface area contributed by atoms with E-state index < -0.39 is 0 Å². The van der Waals surface area contributed by atoms with Crippen LogP contribution in [-0.2, 0) is 9.47 Å². The molecule has 96 valence electrons. The molecule has 0 aromatic carbocycles. The quantitative estimate of drug-likeness (QED) is 0.615. The first-order valence-corrected chi connectivity index (χ1v) is 6.37. The first-order chi connectivity index (χ1) is 7.76. The van der Waals surface area contributed by atoms with E-state index in [2.05, 4.69) is 16.8 Å². The highest BCUT2D eigenvalue weighted by molar-refractivity contribution is 6.18. The minimum atomic E-state index is 0.304. The molecule has 0 bridgehead atoms. The lowest BCUT2D eigenvalue weighted by Crippen LogP contribution is -2.47. The van der Waals surface area contributed by atoms with Gasteiger partial charge in [-0.05, 0) is 7.05 Å². The van der Waals surface area contributed by atoms with Gasteiger partial charge in [0.2, 0.25) is 0 Å². The van der Waals surface area contributed by atoms with Crippen molar-refractivity contribution < 1.29 is 9.47 Å². The maximum absolute atomic E-state index is 5.79. The highest BCUT2D eigenvalue weighted by Crippen LogP contribution is 2.05. The van der Waals surface area contributed by atoms with Crippen molar-refractivity contribution in [1.82, 2.24) is 9.80 Å². The van der Waals surface area contributed by atoms with Gasteiger partial charge in [-0.1, -0.05) is 0 Å². The molecule has 1 atom stereocenters. The number of ether oxygens (including phenoxy) is 2. The van der Waals surface area contributed by atoms with E-state index >= 15 is 0 Å². The molecular weight excluding hydrogens is 228 g/mol. The van der Waals surface area contributed by atoms with Crippen molar-refractivity contribution in [3.05, 3.63) is 0 Å². The molecule has 0 amide bonds. The largest absolute Gasteiger partial charge is 0.383 e. The van der Waals surface area contributed by atoms with Crippen molar-refractivity contribution in [1.29, 1.82) is 0 Å². The zero-order valence-electron chi connectivity index (χ0n) is 10.3. The summed E-state index contributed by atoms with van der Waals surface area (Å²) in [6, 6.07) is 0. The van der Waals surface area contributed by atoms with E-state index in [-0.39, 0.29) is 0 Å². The maximum atomic E-state index is 5.79. The van der Waals surface area contributed by atoms with Crippen molar-refractivity contribution in [3.8, 4) is 0 Å². The molecule has 16 heavy (non-hydrogen) atoms. The summed E-state index contributed by atoms with van der Waals surface area (Å²) in [6.45, 7) is 6.39. The Bertz CT molecular complexity index is 183. The van der Waals surface area contributed by atoms with Crippen LogP contribution in [0.4, 0.5) is 0 Å². The molecule has 0 radical (unpaired) electrons. The SMILES string of the molecule is COCCN(CCCl)CC1CN(C)CCO1. The summed E-state index contributed by atoms with van der Waals surface area (Å²) in [6.07, 6.45) is 0.304. The molecule has 0 aliphatic carbocycles. The van der Waals surface area contributed by atoms with E-state index in [0.717, 1.165) is 45.9 Å². The standard InChI is InChI=1S/C11H23ClN2O2/c1-13-5-8-16-11(9-13)10-14(4-3-12)6-7-15-2/h11H,3-10H2,1-2H3. The van der Waals surface area contributed by atoms with E-state index in [9.17, 15) is 0 Å². The topological polar surface area (TPSA) is 24.9 Å². The molecular formula is C11H23ClN2O2. The summed E-state index contributed by atoms with van der Waals surface area (Å²) in [5.74, 6) is 0.659. The lowest BCUT2D eigenvalue weighted by Gasteiger charge is -2.33. The fraction of sp³-hybridized carbons (Fsp3) is 1.00. The molecule has 1 heterocycles. The van der Waals surface area contributed by atoms with Crippen LogP contribution in [0.3, 0.4) is 0 Å². The smallest absolute Gasteiger partial charge is 0.0829 e. The van der Waals surface area contributed by atoms with Crippen LogP contribution in [0.2, 0.25) is 0 Å². The molecule has 1 fully saturated rings. The number of alkyl halides is 1. The number of hydrogen-bond donors (Lipinski definition) is 0. The van der Waals surface area contributed by atoms with Crippen LogP contribution < -0.4 is 0 Å². The van der Waals surface area contributed by atoms with Gasteiger partial charge in [0.05, 0.1) is 19.3 Å². The summed E-state index contributed by atoms with van der Waals surface area (Å²) in [4.78, 5) is 4.61. The van der Waals surface area contributed by atoms with Gasteiger partial charge >= 0.3 is 0 Å². The number of morpholine rings is 1. The number of methoxy groups -OCH3 is 1. The molecule has 0 aromatic heterocycles. The van der Waals surface area contributed by atoms with Gasteiger partial charge in [-0.25, -0.2) is 0 Å². The van der Waals surface area contributed by atoms with Gasteiger partial charge in [0, 0.05) is 45.7 Å². The number of rotatable bonds is 7. The zero-order valence-corrected chi connectivity index (χ0v) is 11.1. The lowest BCUT2D eigenvalue weighted by atomic mass is 10.2. The monoisotopic (exact) mass is 250 g/mol. The van der Waals surface area contributed by atoms with Gasteiger partial charge in [-0.3, -0.25) is 4.90 Å². The molecule has 5 heteroatoms. The van der Waals surface area contributed by atoms with Crippen molar-refractivity contribution in [2.45, 2.75) is 6.10 Å². The number of halogens is 1. The Morgan fingerprint density at radius 1 is 1.50 bits per heavy atom. The van der Waals surface area contributed by atoms with E-state index in [1.54, 1.807) is 7.11 Å². The molecule has 1 unspecified atom stereocenters. The van der Waals surface area contributed by atoms with Gasteiger partial charge in [-0.2, -0.15) is 0 Å². The Morgan fingerprint density at radius 2 is 2.31 bits per heavy atom. The summed E-state index contributed by atoms with van der Waals surface area (Å²) in [5, 5.41) is 0. The highest BCUT2D eigenvalue weighted by atomic mass is 35.5. The third kappa shape index (κ3) is 5.46. The average molecular weight is 251 g/mol. The number of nitrogens with zero attached hydrogens (tertiary/aromatic N) is 2. The van der Waals surface area contributed by atoms with Crippen molar-refractivity contribution >= 4 is 11.6 Å². The van der Waals surface area contributed by atoms with E-state index in [1.165, 1.54) is 0 Å². The average Bonchev–Trinajstić information content (AvgIpc) is 2.26. The van der Waals surface area contributed by atoms with Gasteiger partial charge in [0.25, 0.3) is 0 Å². The molecule has 1 rings (SSSR count). The van der Waals surface area contributed by atoms with Crippen LogP contribution in [0, 0.1) is 0 Å². The third-order valence-electron chi connectivity index (χ3n) is 2.82. The molecule has 1 aliphatic heterocycles. The Hall–Kier alpha value is 0.130. The minimum absolute atomic E-state index is 0.304. The first kappa shape index (κ1) is 14.2. The summed E-state index contributed by atoms with van der Waals surface area (Å²) < 4.78 is 10.8. The summed E-state index contributed by atoms with van der Waals surface area (Å²) in [5.41, 5.74) is 0. The molecule has 0 spiro atoms. The highest BCUT2D eigenvalue weighted by Gasteiger charge is 2.20.